The number of aliphatic hydroxyl groups is 1. The summed E-state index contributed by atoms with van der Waals surface area (Å²) in [4.78, 5) is 19.2. The summed E-state index contributed by atoms with van der Waals surface area (Å²) in [5.74, 6) is -0.439. The molecule has 5 nitrogen and oxygen atoms in total. The maximum atomic E-state index is 13.2. The monoisotopic (exact) mass is 401 g/mol. The van der Waals surface area contributed by atoms with Crippen molar-refractivity contribution in [2.24, 2.45) is 5.41 Å². The van der Waals surface area contributed by atoms with Crippen LogP contribution in [0.3, 0.4) is 0 Å². The number of hydrogen-bond acceptors (Lipinski definition) is 3. The van der Waals surface area contributed by atoms with Crippen molar-refractivity contribution in [3.8, 4) is 0 Å². The standard InChI is InChI=1S/C21H21ClFN3O2/c22-16-4-7-19-24-18(12-26(19)11-16)20(28)25-9-1-8-21(13-25,14-27)10-15-2-5-17(23)6-3-15/h2-7,11-12,27H,1,8-10,13-14H2/t21-/m0/s1. The van der Waals surface area contributed by atoms with Crippen LogP contribution in [0, 0.1) is 11.2 Å². The predicted molar refractivity (Wildman–Crippen MR) is 105 cm³/mol. The zero-order chi connectivity index (χ0) is 19.7. The maximum Gasteiger partial charge on any atom is 0.274 e. The molecular formula is C21H21ClFN3O2. The Labute approximate surface area is 167 Å². The van der Waals surface area contributed by atoms with Gasteiger partial charge in [-0.3, -0.25) is 4.79 Å². The Morgan fingerprint density at radius 1 is 1.21 bits per heavy atom. The molecule has 4 rings (SSSR count). The molecule has 2 aromatic heterocycles. The highest BCUT2D eigenvalue weighted by molar-refractivity contribution is 6.30. The van der Waals surface area contributed by atoms with E-state index in [0.717, 1.165) is 18.4 Å². The van der Waals surface area contributed by atoms with E-state index in [1.54, 1.807) is 46.0 Å². The highest BCUT2D eigenvalue weighted by Gasteiger charge is 2.37. The third kappa shape index (κ3) is 3.75. The number of likely N-dealkylation sites (tertiary alicyclic amines) is 1. The van der Waals surface area contributed by atoms with Crippen molar-refractivity contribution in [3.05, 3.63) is 70.9 Å². The van der Waals surface area contributed by atoms with Gasteiger partial charge in [-0.25, -0.2) is 9.37 Å². The van der Waals surface area contributed by atoms with E-state index in [9.17, 15) is 14.3 Å². The number of aromatic nitrogens is 2. The fraction of sp³-hybridized carbons (Fsp3) is 0.333. The van der Waals surface area contributed by atoms with Crippen molar-refractivity contribution in [3.63, 3.8) is 0 Å². The van der Waals surface area contributed by atoms with Crippen molar-refractivity contribution >= 4 is 23.2 Å². The quantitative estimate of drug-likeness (QED) is 0.727. The van der Waals surface area contributed by atoms with Crippen molar-refractivity contribution in [1.29, 1.82) is 0 Å². The summed E-state index contributed by atoms with van der Waals surface area (Å²) in [6.45, 7) is 1.03. The van der Waals surface area contributed by atoms with Crippen LogP contribution in [0.4, 0.5) is 4.39 Å². The van der Waals surface area contributed by atoms with Crippen LogP contribution in [0.5, 0.6) is 0 Å². The van der Waals surface area contributed by atoms with Crippen molar-refractivity contribution in [1.82, 2.24) is 14.3 Å². The van der Waals surface area contributed by atoms with E-state index in [4.69, 9.17) is 11.6 Å². The summed E-state index contributed by atoms with van der Waals surface area (Å²) in [6.07, 6.45) is 5.59. The summed E-state index contributed by atoms with van der Waals surface area (Å²) < 4.78 is 14.9. The molecule has 0 aliphatic carbocycles. The number of halogens is 2. The number of aliphatic hydroxyl groups excluding tert-OH is 1. The van der Waals surface area contributed by atoms with E-state index in [1.165, 1.54) is 12.1 Å². The average Bonchev–Trinajstić information content (AvgIpc) is 3.12. The van der Waals surface area contributed by atoms with Gasteiger partial charge in [0.25, 0.3) is 5.91 Å². The minimum absolute atomic E-state index is 0.0328. The molecule has 146 valence electrons. The zero-order valence-electron chi connectivity index (χ0n) is 15.3. The van der Waals surface area contributed by atoms with E-state index in [0.29, 0.717) is 35.9 Å². The lowest BCUT2D eigenvalue weighted by molar-refractivity contribution is 0.0268. The van der Waals surface area contributed by atoms with Gasteiger partial charge in [0.15, 0.2) is 0 Å². The Morgan fingerprint density at radius 2 is 2.00 bits per heavy atom. The molecule has 7 heteroatoms. The fourth-order valence-electron chi connectivity index (χ4n) is 3.98. The number of hydrogen-bond donors (Lipinski definition) is 1. The van der Waals surface area contributed by atoms with E-state index >= 15 is 0 Å². The van der Waals surface area contributed by atoms with Crippen LogP contribution in [0.2, 0.25) is 5.02 Å². The number of rotatable bonds is 4. The molecule has 0 radical (unpaired) electrons. The number of imidazole rings is 1. The number of carbonyl (C=O) groups is 1. The fourth-order valence-corrected chi connectivity index (χ4v) is 4.14. The molecule has 1 aromatic carbocycles. The molecule has 1 aliphatic rings. The summed E-state index contributed by atoms with van der Waals surface area (Å²) in [5, 5.41) is 10.7. The Kier molecular flexibility index (Phi) is 5.08. The maximum absolute atomic E-state index is 13.2. The number of amides is 1. The minimum atomic E-state index is -0.436. The Bertz CT molecular complexity index is 1000. The first-order chi connectivity index (χ1) is 13.5. The largest absolute Gasteiger partial charge is 0.396 e. The topological polar surface area (TPSA) is 57.8 Å². The van der Waals surface area contributed by atoms with Crippen LogP contribution in [-0.2, 0) is 6.42 Å². The highest BCUT2D eigenvalue weighted by atomic mass is 35.5. The molecule has 1 fully saturated rings. The van der Waals surface area contributed by atoms with Gasteiger partial charge in [-0.1, -0.05) is 23.7 Å². The second-order valence-electron chi connectivity index (χ2n) is 7.53. The second kappa shape index (κ2) is 7.53. The molecule has 28 heavy (non-hydrogen) atoms. The van der Waals surface area contributed by atoms with Gasteiger partial charge in [0.05, 0.1) is 11.6 Å². The average molecular weight is 402 g/mol. The van der Waals surface area contributed by atoms with Gasteiger partial charge in [0, 0.05) is 30.9 Å². The lowest BCUT2D eigenvalue weighted by Gasteiger charge is -2.41. The number of carbonyl (C=O) groups excluding carboxylic acids is 1. The molecule has 1 saturated heterocycles. The van der Waals surface area contributed by atoms with Gasteiger partial charge in [-0.15, -0.1) is 0 Å². The third-order valence-corrected chi connectivity index (χ3v) is 5.63. The van der Waals surface area contributed by atoms with E-state index < -0.39 is 5.41 Å². The molecule has 1 atom stereocenters. The van der Waals surface area contributed by atoms with Crippen LogP contribution < -0.4 is 0 Å². The minimum Gasteiger partial charge on any atom is -0.396 e. The summed E-state index contributed by atoms with van der Waals surface area (Å²) in [5.41, 5.74) is 1.53. The third-order valence-electron chi connectivity index (χ3n) is 5.41. The summed E-state index contributed by atoms with van der Waals surface area (Å²) in [7, 11) is 0. The lowest BCUT2D eigenvalue weighted by atomic mass is 9.75. The van der Waals surface area contributed by atoms with Crippen molar-refractivity contribution in [2.75, 3.05) is 19.7 Å². The van der Waals surface area contributed by atoms with Crippen molar-refractivity contribution < 1.29 is 14.3 Å². The molecule has 3 aromatic rings. The molecule has 1 amide bonds. The van der Waals surface area contributed by atoms with Crippen LogP contribution in [0.1, 0.15) is 28.9 Å². The normalized spacial score (nSPS) is 19.9. The molecule has 0 spiro atoms. The van der Waals surface area contributed by atoms with Crippen LogP contribution in [-0.4, -0.2) is 45.0 Å². The summed E-state index contributed by atoms with van der Waals surface area (Å²) in [6, 6.07) is 9.82. The zero-order valence-corrected chi connectivity index (χ0v) is 16.1. The van der Waals surface area contributed by atoms with Crippen LogP contribution in [0.25, 0.3) is 5.65 Å². The van der Waals surface area contributed by atoms with Gasteiger partial charge < -0.3 is 14.4 Å². The van der Waals surface area contributed by atoms with E-state index in [-0.39, 0.29) is 18.3 Å². The molecule has 0 unspecified atom stereocenters. The van der Waals surface area contributed by atoms with E-state index in [2.05, 4.69) is 4.98 Å². The number of pyridine rings is 1. The molecule has 1 aliphatic heterocycles. The van der Waals surface area contributed by atoms with Gasteiger partial charge in [-0.05, 0) is 49.1 Å². The Morgan fingerprint density at radius 3 is 2.75 bits per heavy atom. The summed E-state index contributed by atoms with van der Waals surface area (Å²) >= 11 is 6.00. The molecule has 3 heterocycles. The highest BCUT2D eigenvalue weighted by Crippen LogP contribution is 2.34. The van der Waals surface area contributed by atoms with Crippen molar-refractivity contribution in [2.45, 2.75) is 19.3 Å². The van der Waals surface area contributed by atoms with Crippen LogP contribution >= 0.6 is 11.6 Å². The van der Waals surface area contributed by atoms with Gasteiger partial charge >= 0.3 is 0 Å². The second-order valence-corrected chi connectivity index (χ2v) is 7.97. The first-order valence-electron chi connectivity index (χ1n) is 9.27. The molecular weight excluding hydrogens is 381 g/mol. The smallest absolute Gasteiger partial charge is 0.274 e. The van der Waals surface area contributed by atoms with Gasteiger partial charge in [0.2, 0.25) is 0 Å². The van der Waals surface area contributed by atoms with Gasteiger partial charge in [-0.2, -0.15) is 0 Å². The lowest BCUT2D eigenvalue weighted by Crippen LogP contribution is -2.49. The van der Waals surface area contributed by atoms with E-state index in [1.807, 2.05) is 0 Å². The SMILES string of the molecule is O=C(c1cn2cc(Cl)ccc2n1)N1CCC[C@](CO)(Cc2ccc(F)cc2)C1. The first-order valence-corrected chi connectivity index (χ1v) is 9.65. The number of nitrogens with zero attached hydrogens (tertiary/aromatic N) is 3. The Balaban J connectivity index is 1.55. The molecule has 0 bridgehead atoms. The molecule has 1 N–H and O–H groups in total. The predicted octanol–water partition coefficient (Wildman–Crippen LogP) is 3.58. The Hall–Kier alpha value is -2.44. The first kappa shape index (κ1) is 18.9. The number of benzene rings is 1. The van der Waals surface area contributed by atoms with Gasteiger partial charge in [0.1, 0.15) is 17.2 Å². The number of fused-ring (bicyclic) bond motifs is 1. The molecule has 0 saturated carbocycles. The van der Waals surface area contributed by atoms with Crippen LogP contribution in [0.15, 0.2) is 48.8 Å². The number of piperidine rings is 1.